The molecule has 0 aromatic rings. The fourth-order valence-corrected chi connectivity index (χ4v) is 1.06. The van der Waals surface area contributed by atoms with Gasteiger partial charge in [0.1, 0.15) is 0 Å². The van der Waals surface area contributed by atoms with Crippen molar-refractivity contribution in [1.82, 2.24) is 0 Å². The smallest absolute Gasteiger partial charge is 0.445 e. The van der Waals surface area contributed by atoms with E-state index in [1.165, 1.54) is 0 Å². The molecule has 0 saturated carbocycles. The Morgan fingerprint density at radius 1 is 1.38 bits per heavy atom. The highest BCUT2D eigenvalue weighted by molar-refractivity contribution is 6.64. The second kappa shape index (κ2) is 3.34. The highest BCUT2D eigenvalue weighted by atomic mass is 19.4. The lowest BCUT2D eigenvalue weighted by Crippen LogP contribution is -2.21. The number of rotatable bonds is 2. The predicted octanol–water partition coefficient (Wildman–Crippen LogP) is 2.08. The summed E-state index contributed by atoms with van der Waals surface area (Å²) in [4.78, 5) is 0. The van der Waals surface area contributed by atoms with Crippen LogP contribution in [0, 0.1) is 0 Å². The van der Waals surface area contributed by atoms with Crippen LogP contribution in [0.25, 0.3) is 0 Å². The highest BCUT2D eigenvalue weighted by Gasteiger charge is 2.31. The first kappa shape index (κ1) is 10.6. The van der Waals surface area contributed by atoms with E-state index in [4.69, 9.17) is 9.47 Å². The van der Waals surface area contributed by atoms with E-state index in [0.717, 1.165) is 6.08 Å². The van der Waals surface area contributed by atoms with Gasteiger partial charge in [0, 0.05) is 0 Å². The van der Waals surface area contributed by atoms with Gasteiger partial charge in [0.05, 0.1) is 12.7 Å². The molecule has 0 aliphatic carbocycles. The van der Waals surface area contributed by atoms with E-state index >= 15 is 0 Å². The molecule has 1 aliphatic heterocycles. The third-order valence-electron chi connectivity index (χ3n) is 1.57. The van der Waals surface area contributed by atoms with E-state index in [2.05, 4.69) is 0 Å². The Bertz CT molecular complexity index is 212. The average Bonchev–Trinajstić information content (AvgIpc) is 2.24. The molecule has 0 radical (unpaired) electrons. The zero-order valence-electron chi connectivity index (χ0n) is 7.47. The Balaban J connectivity index is 2.45. The Morgan fingerprint density at radius 3 is 2.38 bits per heavy atom. The topological polar surface area (TPSA) is 18.5 Å². The monoisotopic (exact) mass is 195 g/mol. The lowest BCUT2D eigenvalue weighted by atomic mass is 9.91. The second-order valence-corrected chi connectivity index (χ2v) is 3.38. The molecule has 13 heavy (non-hydrogen) atoms. The maximum atomic E-state index is 11.8. The van der Waals surface area contributed by atoms with E-state index in [9.17, 15) is 12.9 Å². The van der Waals surface area contributed by atoms with E-state index in [1.807, 2.05) is 0 Å². The molecule has 0 bridgehead atoms. The van der Waals surface area contributed by atoms with E-state index in [1.54, 1.807) is 13.8 Å². The van der Waals surface area contributed by atoms with Crippen molar-refractivity contribution < 1.29 is 22.4 Å². The van der Waals surface area contributed by atoms with Crippen LogP contribution < -0.4 is 0 Å². The van der Waals surface area contributed by atoms with Crippen LogP contribution in [-0.2, 0) is 9.47 Å². The molecule has 0 unspecified atom stereocenters. The normalized spacial score (nSPS) is 28.5. The van der Waals surface area contributed by atoms with Crippen molar-refractivity contribution in [1.29, 1.82) is 0 Å². The molecule has 0 spiro atoms. The Labute approximate surface area is 74.8 Å². The molecule has 0 aromatic heterocycles. The fourth-order valence-electron chi connectivity index (χ4n) is 1.06. The standard InChI is InChI=1S/C7H11BF3O2/c1-7(2)12-5-6(13-7)3-4-8(9,10)11/h3-4,6H,5H2,1-2H3/q-1/b4-3+/t6-/m0/s1. The van der Waals surface area contributed by atoms with Crippen LogP contribution in [0.1, 0.15) is 13.8 Å². The van der Waals surface area contributed by atoms with Gasteiger partial charge < -0.3 is 22.4 Å². The molecule has 1 saturated heterocycles. The zero-order valence-corrected chi connectivity index (χ0v) is 7.47. The molecule has 76 valence electrons. The minimum atomic E-state index is -4.87. The van der Waals surface area contributed by atoms with Crippen molar-refractivity contribution in [3.8, 4) is 0 Å². The maximum Gasteiger partial charge on any atom is 0.502 e. The predicted molar refractivity (Wildman–Crippen MR) is 43.1 cm³/mol. The van der Waals surface area contributed by atoms with Gasteiger partial charge in [-0.05, 0) is 13.8 Å². The summed E-state index contributed by atoms with van der Waals surface area (Å²) in [6.07, 6.45) is 0.410. The molecule has 0 aromatic carbocycles. The summed E-state index contributed by atoms with van der Waals surface area (Å²) in [6.45, 7) is -1.36. The molecule has 6 heteroatoms. The van der Waals surface area contributed by atoms with Crippen molar-refractivity contribution >= 4 is 6.98 Å². The van der Waals surface area contributed by atoms with Crippen molar-refractivity contribution in [2.45, 2.75) is 25.7 Å². The van der Waals surface area contributed by atoms with E-state index in [-0.39, 0.29) is 12.6 Å². The van der Waals surface area contributed by atoms with Crippen LogP contribution in [0.4, 0.5) is 12.9 Å². The first-order valence-electron chi connectivity index (χ1n) is 4.00. The molecule has 0 N–H and O–H groups in total. The summed E-state index contributed by atoms with van der Waals surface area (Å²) >= 11 is 0. The van der Waals surface area contributed by atoms with Gasteiger partial charge in [-0.25, -0.2) is 0 Å². The molecule has 1 fully saturated rings. The third kappa shape index (κ3) is 3.82. The summed E-state index contributed by atoms with van der Waals surface area (Å²) in [6, 6.07) is 0. The average molecular weight is 195 g/mol. The second-order valence-electron chi connectivity index (χ2n) is 3.38. The summed E-state index contributed by atoms with van der Waals surface area (Å²) in [7, 11) is 0. The van der Waals surface area contributed by atoms with Crippen LogP contribution in [0.15, 0.2) is 12.1 Å². The summed E-state index contributed by atoms with van der Waals surface area (Å²) in [5, 5.41) is 0. The van der Waals surface area contributed by atoms with Gasteiger partial charge in [0.25, 0.3) is 0 Å². The molecular formula is C7H11BF3O2-. The van der Waals surface area contributed by atoms with Gasteiger partial charge in [0.2, 0.25) is 0 Å². The minimum absolute atomic E-state index is 0.176. The molecule has 2 nitrogen and oxygen atoms in total. The van der Waals surface area contributed by atoms with Gasteiger partial charge in [-0.3, -0.25) is 0 Å². The largest absolute Gasteiger partial charge is 0.502 e. The SMILES string of the molecule is CC1(C)OC[C@H](/C=C/[B-](F)(F)F)O1. The Kier molecular flexibility index (Phi) is 2.72. The Morgan fingerprint density at radius 2 is 2.00 bits per heavy atom. The van der Waals surface area contributed by atoms with Crippen LogP contribution in [-0.4, -0.2) is 25.5 Å². The van der Waals surface area contributed by atoms with Crippen LogP contribution >= 0.6 is 0 Å². The van der Waals surface area contributed by atoms with Crippen LogP contribution in [0.2, 0.25) is 0 Å². The van der Waals surface area contributed by atoms with Gasteiger partial charge in [-0.1, -0.05) is 6.08 Å². The first-order chi connectivity index (χ1) is 5.79. The number of hydrogen-bond acceptors (Lipinski definition) is 2. The zero-order chi connectivity index (χ0) is 10.1. The number of halogens is 3. The van der Waals surface area contributed by atoms with Gasteiger partial charge >= 0.3 is 6.98 Å². The lowest BCUT2D eigenvalue weighted by Gasteiger charge is -2.16. The van der Waals surface area contributed by atoms with E-state index < -0.39 is 18.9 Å². The van der Waals surface area contributed by atoms with E-state index in [0.29, 0.717) is 0 Å². The van der Waals surface area contributed by atoms with Crippen LogP contribution in [0.3, 0.4) is 0 Å². The molecule has 1 aliphatic rings. The Hall–Kier alpha value is -0.485. The molecule has 1 rings (SSSR count). The van der Waals surface area contributed by atoms with Crippen molar-refractivity contribution in [3.05, 3.63) is 12.1 Å². The number of hydrogen-bond donors (Lipinski definition) is 0. The molecule has 1 atom stereocenters. The quantitative estimate of drug-likeness (QED) is 0.628. The van der Waals surface area contributed by atoms with Crippen molar-refractivity contribution in [2.75, 3.05) is 6.61 Å². The summed E-state index contributed by atoms with van der Waals surface area (Å²) in [5.41, 5.74) is 0. The highest BCUT2D eigenvalue weighted by Crippen LogP contribution is 2.23. The molecular weight excluding hydrogens is 184 g/mol. The third-order valence-corrected chi connectivity index (χ3v) is 1.57. The molecule has 1 heterocycles. The van der Waals surface area contributed by atoms with Gasteiger partial charge in [0.15, 0.2) is 5.79 Å². The summed E-state index contributed by atoms with van der Waals surface area (Å²) < 4.78 is 45.6. The molecule has 0 amide bonds. The van der Waals surface area contributed by atoms with Gasteiger partial charge in [-0.15, -0.1) is 5.98 Å². The first-order valence-corrected chi connectivity index (χ1v) is 4.00. The number of ether oxygens (including phenoxy) is 2. The minimum Gasteiger partial charge on any atom is -0.445 e. The van der Waals surface area contributed by atoms with Gasteiger partial charge in [-0.2, -0.15) is 0 Å². The fraction of sp³-hybridized carbons (Fsp3) is 0.714. The van der Waals surface area contributed by atoms with Crippen molar-refractivity contribution in [3.63, 3.8) is 0 Å². The maximum absolute atomic E-state index is 11.8. The van der Waals surface area contributed by atoms with Crippen LogP contribution in [0.5, 0.6) is 0 Å². The van der Waals surface area contributed by atoms with Crippen molar-refractivity contribution in [2.24, 2.45) is 0 Å². The summed E-state index contributed by atoms with van der Waals surface area (Å²) in [5.74, 6) is -0.539. The lowest BCUT2D eigenvalue weighted by molar-refractivity contribution is -0.133.